The summed E-state index contributed by atoms with van der Waals surface area (Å²) in [5, 5.41) is 2.90. The summed E-state index contributed by atoms with van der Waals surface area (Å²) in [6.07, 6.45) is 2.89. The van der Waals surface area contributed by atoms with Gasteiger partial charge >= 0.3 is 0 Å². The molecule has 0 aliphatic heterocycles. The second-order valence-corrected chi connectivity index (χ2v) is 4.84. The van der Waals surface area contributed by atoms with E-state index in [9.17, 15) is 9.59 Å². The van der Waals surface area contributed by atoms with Crippen molar-refractivity contribution in [2.24, 2.45) is 0 Å². The molecule has 4 nitrogen and oxygen atoms in total. The first kappa shape index (κ1) is 15.8. The lowest BCUT2D eigenvalue weighted by molar-refractivity contribution is -0.115. The van der Waals surface area contributed by atoms with Crippen LogP contribution in [0, 0.1) is 0 Å². The van der Waals surface area contributed by atoms with E-state index in [0.29, 0.717) is 16.3 Å². The lowest BCUT2D eigenvalue weighted by Crippen LogP contribution is -2.29. The van der Waals surface area contributed by atoms with Crippen molar-refractivity contribution in [3.63, 3.8) is 0 Å². The Morgan fingerprint density at radius 3 is 2.45 bits per heavy atom. The summed E-state index contributed by atoms with van der Waals surface area (Å²) in [4.78, 5) is 23.8. The van der Waals surface area contributed by atoms with Gasteiger partial charge in [0.15, 0.2) is 0 Å². The standard InChI is InChI=1S/C17H14ClNO3/c1-22-15-5-3-2-4-14(15)17(21)19-16(20)11-8-12-6-9-13(18)10-7-12/h2-11H,1H3,(H,19,20,21)/b11-8+. The van der Waals surface area contributed by atoms with Gasteiger partial charge in [0.1, 0.15) is 5.75 Å². The summed E-state index contributed by atoms with van der Waals surface area (Å²) in [5.41, 5.74) is 1.11. The number of ether oxygens (including phenoxy) is 1. The minimum absolute atomic E-state index is 0.304. The maximum Gasteiger partial charge on any atom is 0.261 e. The van der Waals surface area contributed by atoms with Crippen molar-refractivity contribution in [3.8, 4) is 5.75 Å². The first-order valence-electron chi connectivity index (χ1n) is 6.52. The molecule has 1 N–H and O–H groups in total. The number of imide groups is 1. The number of benzene rings is 2. The number of halogens is 1. The topological polar surface area (TPSA) is 55.4 Å². The van der Waals surface area contributed by atoms with E-state index in [1.165, 1.54) is 13.2 Å². The number of hydrogen-bond donors (Lipinski definition) is 1. The van der Waals surface area contributed by atoms with Crippen LogP contribution in [0.15, 0.2) is 54.6 Å². The smallest absolute Gasteiger partial charge is 0.261 e. The van der Waals surface area contributed by atoms with Gasteiger partial charge in [-0.3, -0.25) is 14.9 Å². The molecule has 0 fully saturated rings. The van der Waals surface area contributed by atoms with Crippen LogP contribution in [0.5, 0.6) is 5.75 Å². The van der Waals surface area contributed by atoms with Crippen LogP contribution in [-0.4, -0.2) is 18.9 Å². The maximum absolute atomic E-state index is 12.0. The molecular formula is C17H14ClNO3. The van der Waals surface area contributed by atoms with Crippen molar-refractivity contribution in [2.45, 2.75) is 0 Å². The van der Waals surface area contributed by atoms with Crippen LogP contribution >= 0.6 is 11.6 Å². The molecule has 112 valence electrons. The molecule has 2 rings (SSSR count). The summed E-state index contributed by atoms with van der Waals surface area (Å²) in [7, 11) is 1.47. The number of methoxy groups -OCH3 is 1. The number of hydrogen-bond acceptors (Lipinski definition) is 3. The fraction of sp³-hybridized carbons (Fsp3) is 0.0588. The summed E-state index contributed by atoms with van der Waals surface area (Å²) in [5.74, 6) is -0.608. The minimum atomic E-state index is -0.511. The van der Waals surface area contributed by atoms with Gasteiger partial charge < -0.3 is 4.74 Å². The van der Waals surface area contributed by atoms with Gasteiger partial charge in [0.25, 0.3) is 11.8 Å². The molecule has 0 radical (unpaired) electrons. The molecule has 2 aromatic rings. The van der Waals surface area contributed by atoms with Crippen LogP contribution in [0.25, 0.3) is 6.08 Å². The number of nitrogens with one attached hydrogen (secondary N) is 1. The zero-order valence-electron chi connectivity index (χ0n) is 11.9. The van der Waals surface area contributed by atoms with E-state index in [2.05, 4.69) is 5.32 Å². The molecule has 0 aliphatic rings. The SMILES string of the molecule is COc1ccccc1C(=O)NC(=O)/C=C/c1ccc(Cl)cc1. The summed E-state index contributed by atoms with van der Waals surface area (Å²) in [6.45, 7) is 0. The highest BCUT2D eigenvalue weighted by atomic mass is 35.5. The molecule has 2 aromatic carbocycles. The van der Waals surface area contributed by atoms with E-state index in [-0.39, 0.29) is 0 Å². The summed E-state index contributed by atoms with van der Waals surface area (Å²) in [6, 6.07) is 13.7. The fourth-order valence-corrected chi connectivity index (χ4v) is 1.92. The molecule has 0 heterocycles. The molecule has 0 aromatic heterocycles. The van der Waals surface area contributed by atoms with Crippen LogP contribution in [0.2, 0.25) is 5.02 Å². The molecule has 0 bridgehead atoms. The van der Waals surface area contributed by atoms with Gasteiger partial charge in [-0.2, -0.15) is 0 Å². The molecule has 0 unspecified atom stereocenters. The number of para-hydroxylation sites is 1. The summed E-state index contributed by atoms with van der Waals surface area (Å²) >= 11 is 5.78. The van der Waals surface area contributed by atoms with Crippen molar-refractivity contribution in [1.29, 1.82) is 0 Å². The number of rotatable bonds is 4. The van der Waals surface area contributed by atoms with Crippen molar-refractivity contribution in [3.05, 3.63) is 70.8 Å². The Morgan fingerprint density at radius 1 is 1.09 bits per heavy atom. The third kappa shape index (κ3) is 4.20. The highest BCUT2D eigenvalue weighted by Crippen LogP contribution is 2.16. The normalized spacial score (nSPS) is 10.5. The average Bonchev–Trinajstić information content (AvgIpc) is 2.54. The third-order valence-electron chi connectivity index (χ3n) is 2.89. The minimum Gasteiger partial charge on any atom is -0.496 e. The molecule has 22 heavy (non-hydrogen) atoms. The monoisotopic (exact) mass is 315 g/mol. The first-order chi connectivity index (χ1) is 10.6. The highest BCUT2D eigenvalue weighted by Gasteiger charge is 2.12. The van der Waals surface area contributed by atoms with Gasteiger partial charge in [-0.15, -0.1) is 0 Å². The Morgan fingerprint density at radius 2 is 1.77 bits per heavy atom. The second kappa shape index (κ2) is 7.43. The van der Waals surface area contributed by atoms with Gasteiger partial charge in [-0.25, -0.2) is 0 Å². The molecule has 0 saturated carbocycles. The first-order valence-corrected chi connectivity index (χ1v) is 6.90. The molecule has 2 amide bonds. The fourth-order valence-electron chi connectivity index (χ4n) is 1.80. The van der Waals surface area contributed by atoms with Crippen LogP contribution in [0.3, 0.4) is 0 Å². The largest absolute Gasteiger partial charge is 0.496 e. The number of carbonyl (C=O) groups excluding carboxylic acids is 2. The average molecular weight is 316 g/mol. The van der Waals surface area contributed by atoms with E-state index in [4.69, 9.17) is 16.3 Å². The predicted molar refractivity (Wildman–Crippen MR) is 86.0 cm³/mol. The Bertz CT molecular complexity index is 708. The molecule has 0 saturated heterocycles. The van der Waals surface area contributed by atoms with Crippen LogP contribution < -0.4 is 10.1 Å². The van der Waals surface area contributed by atoms with E-state index in [0.717, 1.165) is 5.56 Å². The Balaban J connectivity index is 2.02. The Kier molecular flexibility index (Phi) is 5.33. The third-order valence-corrected chi connectivity index (χ3v) is 3.14. The molecule has 5 heteroatoms. The van der Waals surface area contributed by atoms with E-state index in [1.54, 1.807) is 54.6 Å². The zero-order valence-corrected chi connectivity index (χ0v) is 12.6. The molecule has 0 aliphatic carbocycles. The van der Waals surface area contributed by atoms with E-state index >= 15 is 0 Å². The zero-order chi connectivity index (χ0) is 15.9. The number of amides is 2. The van der Waals surface area contributed by atoms with Gasteiger partial charge in [0.2, 0.25) is 0 Å². The van der Waals surface area contributed by atoms with Crippen molar-refractivity contribution in [1.82, 2.24) is 5.32 Å². The maximum atomic E-state index is 12.0. The highest BCUT2D eigenvalue weighted by molar-refractivity contribution is 6.30. The molecular weight excluding hydrogens is 302 g/mol. The Hall–Kier alpha value is -2.59. The molecule has 0 spiro atoms. The van der Waals surface area contributed by atoms with Gasteiger partial charge in [0, 0.05) is 11.1 Å². The van der Waals surface area contributed by atoms with Gasteiger partial charge in [0.05, 0.1) is 12.7 Å². The second-order valence-electron chi connectivity index (χ2n) is 4.40. The van der Waals surface area contributed by atoms with Gasteiger partial charge in [-0.05, 0) is 35.9 Å². The quantitative estimate of drug-likeness (QED) is 0.881. The van der Waals surface area contributed by atoms with Gasteiger partial charge in [-0.1, -0.05) is 35.9 Å². The van der Waals surface area contributed by atoms with Crippen LogP contribution in [0.1, 0.15) is 15.9 Å². The van der Waals surface area contributed by atoms with E-state index < -0.39 is 11.8 Å². The summed E-state index contributed by atoms with van der Waals surface area (Å²) < 4.78 is 5.09. The predicted octanol–water partition coefficient (Wildman–Crippen LogP) is 3.32. The van der Waals surface area contributed by atoms with Crippen molar-refractivity contribution in [2.75, 3.05) is 7.11 Å². The molecule has 0 atom stereocenters. The Labute approximate surface area is 133 Å². The lowest BCUT2D eigenvalue weighted by atomic mass is 10.2. The number of carbonyl (C=O) groups is 2. The van der Waals surface area contributed by atoms with Crippen molar-refractivity contribution >= 4 is 29.5 Å². The van der Waals surface area contributed by atoms with Crippen molar-refractivity contribution < 1.29 is 14.3 Å². The van der Waals surface area contributed by atoms with E-state index in [1.807, 2.05) is 0 Å². The lowest BCUT2D eigenvalue weighted by Gasteiger charge is -2.06. The van der Waals surface area contributed by atoms with Crippen LogP contribution in [-0.2, 0) is 4.79 Å². The van der Waals surface area contributed by atoms with Crippen LogP contribution in [0.4, 0.5) is 0 Å².